The second-order valence-electron chi connectivity index (χ2n) is 12.4. The topological polar surface area (TPSA) is 4.93 Å². The first kappa shape index (κ1) is 24.8. The lowest BCUT2D eigenvalue weighted by atomic mass is 9.29. The molecule has 0 saturated carbocycles. The summed E-state index contributed by atoms with van der Waals surface area (Å²) in [6.45, 7) is 0.0867. The van der Waals surface area contributed by atoms with Crippen LogP contribution in [-0.4, -0.2) is 11.3 Å². The highest BCUT2D eigenvalue weighted by molar-refractivity contribution is 6.99. The van der Waals surface area contributed by atoms with Crippen molar-refractivity contribution in [2.24, 2.45) is 0 Å². The Morgan fingerprint density at radius 2 is 1.02 bits per heavy atom. The Kier molecular flexibility index (Phi) is 5.07. The summed E-state index contributed by atoms with van der Waals surface area (Å²) in [6, 6.07) is 63.2. The Labute approximate surface area is 263 Å². The SMILES string of the molecule is c1ccc(-c2cccc3c2B2c4c(cccc4C3(c3ccccc3)c3ccccc3)-n3c4ccccc4c4cccc2c43)cc1. The van der Waals surface area contributed by atoms with Crippen molar-refractivity contribution < 1.29 is 0 Å². The van der Waals surface area contributed by atoms with Crippen molar-refractivity contribution in [1.29, 1.82) is 0 Å². The minimum atomic E-state index is -0.501. The molecule has 0 N–H and O–H groups in total. The fourth-order valence-corrected chi connectivity index (χ4v) is 8.74. The molecule has 0 radical (unpaired) electrons. The fraction of sp³-hybridized carbons (Fsp3) is 0.0233. The average molecular weight is 570 g/mol. The predicted octanol–water partition coefficient (Wildman–Crippen LogP) is 7.98. The van der Waals surface area contributed by atoms with Crippen LogP contribution in [0.1, 0.15) is 22.3 Å². The van der Waals surface area contributed by atoms with Gasteiger partial charge < -0.3 is 4.57 Å². The maximum Gasteiger partial charge on any atom is 0.248 e. The molecular formula is C43H28BN. The van der Waals surface area contributed by atoms with Crippen molar-refractivity contribution in [1.82, 2.24) is 4.57 Å². The summed E-state index contributed by atoms with van der Waals surface area (Å²) in [7, 11) is 0. The Hall–Kier alpha value is -5.60. The van der Waals surface area contributed by atoms with Crippen LogP contribution in [-0.2, 0) is 5.41 Å². The van der Waals surface area contributed by atoms with Crippen molar-refractivity contribution in [3.63, 3.8) is 0 Å². The molecule has 7 aromatic carbocycles. The van der Waals surface area contributed by atoms with Gasteiger partial charge in [0.25, 0.3) is 0 Å². The van der Waals surface area contributed by atoms with Gasteiger partial charge >= 0.3 is 0 Å². The van der Waals surface area contributed by atoms with Crippen molar-refractivity contribution in [3.05, 3.63) is 192 Å². The van der Waals surface area contributed by atoms with Crippen LogP contribution in [0.3, 0.4) is 0 Å². The van der Waals surface area contributed by atoms with Crippen molar-refractivity contribution in [3.8, 4) is 16.8 Å². The molecule has 0 saturated heterocycles. The lowest BCUT2D eigenvalue weighted by molar-refractivity contribution is 0.750. The number of nitrogens with zero attached hydrogens (tertiary/aromatic N) is 1. The zero-order valence-corrected chi connectivity index (χ0v) is 24.7. The Morgan fingerprint density at radius 3 is 1.76 bits per heavy atom. The van der Waals surface area contributed by atoms with Gasteiger partial charge in [-0.2, -0.15) is 0 Å². The number of fused-ring (bicyclic) bond motifs is 7. The fourth-order valence-electron chi connectivity index (χ4n) is 8.74. The molecule has 0 amide bonds. The van der Waals surface area contributed by atoms with E-state index in [0.29, 0.717) is 0 Å². The van der Waals surface area contributed by atoms with Crippen LogP contribution in [0.15, 0.2) is 170 Å². The summed E-state index contributed by atoms with van der Waals surface area (Å²) in [6.07, 6.45) is 0. The molecule has 0 atom stereocenters. The van der Waals surface area contributed by atoms with E-state index in [1.807, 2.05) is 0 Å². The molecule has 0 aliphatic carbocycles. The highest BCUT2D eigenvalue weighted by Gasteiger charge is 2.51. The molecule has 10 rings (SSSR count). The zero-order valence-electron chi connectivity index (χ0n) is 24.7. The van der Waals surface area contributed by atoms with Gasteiger partial charge in [-0.15, -0.1) is 0 Å². The van der Waals surface area contributed by atoms with Crippen LogP contribution < -0.4 is 16.4 Å². The van der Waals surface area contributed by atoms with Crippen LogP contribution >= 0.6 is 0 Å². The third kappa shape index (κ3) is 3.14. The van der Waals surface area contributed by atoms with Gasteiger partial charge in [-0.3, -0.25) is 0 Å². The first-order valence-corrected chi connectivity index (χ1v) is 15.8. The first-order valence-electron chi connectivity index (χ1n) is 15.8. The van der Waals surface area contributed by atoms with Crippen molar-refractivity contribution in [2.75, 3.05) is 0 Å². The largest absolute Gasteiger partial charge is 0.310 e. The normalized spacial score (nSPS) is 13.9. The Morgan fingerprint density at radius 1 is 0.444 bits per heavy atom. The summed E-state index contributed by atoms with van der Waals surface area (Å²) in [5.41, 5.74) is 15.4. The quantitative estimate of drug-likeness (QED) is 0.190. The molecule has 0 bridgehead atoms. The zero-order chi connectivity index (χ0) is 29.5. The van der Waals surface area contributed by atoms with Crippen LogP contribution in [0, 0.1) is 0 Å². The minimum Gasteiger partial charge on any atom is -0.310 e. The second-order valence-corrected chi connectivity index (χ2v) is 12.4. The number of benzene rings is 7. The smallest absolute Gasteiger partial charge is 0.248 e. The Bertz CT molecular complexity index is 2380. The van der Waals surface area contributed by atoms with Gasteiger partial charge in [-0.1, -0.05) is 163 Å². The van der Waals surface area contributed by atoms with Gasteiger partial charge in [0.2, 0.25) is 6.71 Å². The van der Waals surface area contributed by atoms with Crippen LogP contribution in [0.2, 0.25) is 0 Å². The predicted molar refractivity (Wildman–Crippen MR) is 189 cm³/mol. The lowest BCUT2D eigenvalue weighted by Gasteiger charge is -2.47. The molecule has 45 heavy (non-hydrogen) atoms. The number of hydrogen-bond donors (Lipinski definition) is 0. The standard InChI is InChI=1S/C43H28BN/c1-4-15-29(16-5-1)32-22-12-24-35-40(32)44-37-26-13-23-34-33-21-10-11-27-38(33)45(42(34)37)39-28-14-25-36(41(39)44)43(35,30-17-6-2-7-18-30)31-19-8-3-9-20-31/h1-28H. The summed E-state index contributed by atoms with van der Waals surface area (Å²) in [4.78, 5) is 0. The van der Waals surface area contributed by atoms with E-state index in [0.717, 1.165) is 0 Å². The third-order valence-corrected chi connectivity index (χ3v) is 10.4. The number of hydrogen-bond acceptors (Lipinski definition) is 0. The van der Waals surface area contributed by atoms with Gasteiger partial charge in [-0.05, 0) is 56.4 Å². The molecule has 2 aliphatic heterocycles. The van der Waals surface area contributed by atoms with Gasteiger partial charge in [0.05, 0.1) is 10.9 Å². The van der Waals surface area contributed by atoms with Crippen LogP contribution in [0.5, 0.6) is 0 Å². The van der Waals surface area contributed by atoms with E-state index in [1.165, 1.54) is 77.3 Å². The summed E-state index contributed by atoms with van der Waals surface area (Å²) >= 11 is 0. The van der Waals surface area contributed by atoms with Crippen molar-refractivity contribution in [2.45, 2.75) is 5.41 Å². The van der Waals surface area contributed by atoms with E-state index in [9.17, 15) is 0 Å². The number of para-hydroxylation sites is 2. The minimum absolute atomic E-state index is 0.0867. The molecule has 0 spiro atoms. The Balaban J connectivity index is 1.47. The van der Waals surface area contributed by atoms with Crippen LogP contribution in [0.25, 0.3) is 38.6 Å². The molecule has 0 fully saturated rings. The average Bonchev–Trinajstić information content (AvgIpc) is 3.46. The van der Waals surface area contributed by atoms with Gasteiger partial charge in [0.1, 0.15) is 0 Å². The summed E-state index contributed by atoms with van der Waals surface area (Å²) < 4.78 is 2.55. The van der Waals surface area contributed by atoms with E-state index >= 15 is 0 Å². The molecule has 208 valence electrons. The summed E-state index contributed by atoms with van der Waals surface area (Å²) in [5.74, 6) is 0. The van der Waals surface area contributed by atoms with E-state index in [-0.39, 0.29) is 6.71 Å². The van der Waals surface area contributed by atoms with E-state index in [2.05, 4.69) is 174 Å². The van der Waals surface area contributed by atoms with Crippen molar-refractivity contribution >= 4 is 44.9 Å². The molecule has 3 heterocycles. The second kappa shape index (κ2) is 9.20. The molecule has 2 aliphatic rings. The monoisotopic (exact) mass is 569 g/mol. The van der Waals surface area contributed by atoms with Crippen LogP contribution in [0.4, 0.5) is 0 Å². The molecular weight excluding hydrogens is 541 g/mol. The van der Waals surface area contributed by atoms with Gasteiger partial charge in [0, 0.05) is 22.0 Å². The highest BCUT2D eigenvalue weighted by atomic mass is 15.0. The number of rotatable bonds is 3. The van der Waals surface area contributed by atoms with E-state index in [1.54, 1.807) is 0 Å². The maximum absolute atomic E-state index is 2.55. The molecule has 2 heteroatoms. The van der Waals surface area contributed by atoms with Gasteiger partial charge in [0.15, 0.2) is 0 Å². The highest BCUT2D eigenvalue weighted by Crippen LogP contribution is 2.48. The maximum atomic E-state index is 2.55. The third-order valence-electron chi connectivity index (χ3n) is 10.4. The lowest BCUT2D eigenvalue weighted by Crippen LogP contribution is -2.65. The molecule has 8 aromatic rings. The molecule has 1 nitrogen and oxygen atoms in total. The van der Waals surface area contributed by atoms with E-state index < -0.39 is 5.41 Å². The first-order chi connectivity index (χ1) is 22.4. The molecule has 0 unspecified atom stereocenters. The van der Waals surface area contributed by atoms with Gasteiger partial charge in [-0.25, -0.2) is 0 Å². The number of aromatic nitrogens is 1. The summed E-state index contributed by atoms with van der Waals surface area (Å²) in [5, 5.41) is 2.63. The molecule has 1 aromatic heterocycles. The van der Waals surface area contributed by atoms with E-state index in [4.69, 9.17) is 0 Å².